The molecule has 0 bridgehead atoms. The van der Waals surface area contributed by atoms with Gasteiger partial charge in [-0.05, 0) is 34.9 Å². The molecule has 0 fully saturated rings. The molecular weight excluding hydrogens is 391 g/mol. The minimum atomic E-state index is -4.59. The van der Waals surface area contributed by atoms with Crippen LogP contribution >= 0.6 is 0 Å². The van der Waals surface area contributed by atoms with Gasteiger partial charge in [-0.3, -0.25) is 9.97 Å². The van der Waals surface area contributed by atoms with E-state index in [0.29, 0.717) is 6.54 Å². The second-order valence-electron chi connectivity index (χ2n) is 6.47. The van der Waals surface area contributed by atoms with E-state index in [9.17, 15) is 13.2 Å². The number of nitrogens with one attached hydrogen (secondary N) is 1. The highest BCUT2D eigenvalue weighted by atomic mass is 19.4. The number of hydrogen-bond acceptors (Lipinski definition) is 5. The van der Waals surface area contributed by atoms with Crippen LogP contribution in [0.1, 0.15) is 11.3 Å². The molecular formula is C22H16F3N5. The molecule has 1 N–H and O–H groups in total. The molecule has 4 aromatic rings. The van der Waals surface area contributed by atoms with Crippen molar-refractivity contribution in [2.75, 3.05) is 5.32 Å². The van der Waals surface area contributed by atoms with Crippen LogP contribution in [0.3, 0.4) is 0 Å². The number of rotatable bonds is 5. The largest absolute Gasteiger partial charge is 0.433 e. The summed E-state index contributed by atoms with van der Waals surface area (Å²) in [6.07, 6.45) is 0.369. The Hall–Kier alpha value is -3.81. The normalized spacial score (nSPS) is 11.3. The number of halogens is 3. The molecule has 0 saturated carbocycles. The van der Waals surface area contributed by atoms with Gasteiger partial charge in [0.15, 0.2) is 11.5 Å². The van der Waals surface area contributed by atoms with Crippen molar-refractivity contribution < 1.29 is 13.2 Å². The van der Waals surface area contributed by atoms with Crippen molar-refractivity contribution in [3.05, 3.63) is 90.5 Å². The second kappa shape index (κ2) is 8.28. The predicted molar refractivity (Wildman–Crippen MR) is 107 cm³/mol. The second-order valence-corrected chi connectivity index (χ2v) is 6.47. The van der Waals surface area contributed by atoms with Gasteiger partial charge in [0.05, 0.1) is 0 Å². The molecule has 1 aromatic carbocycles. The molecule has 0 aliphatic carbocycles. The lowest BCUT2D eigenvalue weighted by atomic mass is 10.1. The number of pyridine rings is 2. The van der Waals surface area contributed by atoms with Gasteiger partial charge in [0.25, 0.3) is 0 Å². The topological polar surface area (TPSA) is 63.6 Å². The number of anilines is 1. The van der Waals surface area contributed by atoms with Crippen LogP contribution in [0.15, 0.2) is 79.3 Å². The highest BCUT2D eigenvalue weighted by Crippen LogP contribution is 2.30. The molecule has 3 aromatic heterocycles. The number of benzene rings is 1. The van der Waals surface area contributed by atoms with Crippen molar-refractivity contribution in [2.24, 2.45) is 0 Å². The number of hydrogen-bond donors (Lipinski definition) is 1. The monoisotopic (exact) mass is 407 g/mol. The third kappa shape index (κ3) is 4.60. The highest BCUT2D eigenvalue weighted by molar-refractivity contribution is 5.62. The van der Waals surface area contributed by atoms with Crippen LogP contribution in [0.4, 0.5) is 19.0 Å². The van der Waals surface area contributed by atoms with Crippen molar-refractivity contribution in [1.82, 2.24) is 19.9 Å². The summed E-state index contributed by atoms with van der Waals surface area (Å²) < 4.78 is 39.9. The Bertz CT molecular complexity index is 1120. The number of nitrogens with zero attached hydrogens (tertiary/aromatic N) is 4. The predicted octanol–water partition coefficient (Wildman–Crippen LogP) is 5.23. The smallest absolute Gasteiger partial charge is 0.366 e. The molecule has 0 aliphatic rings. The van der Waals surface area contributed by atoms with Crippen LogP contribution in [-0.2, 0) is 12.7 Å². The van der Waals surface area contributed by atoms with Crippen LogP contribution in [0, 0.1) is 0 Å². The Labute approximate surface area is 170 Å². The first-order valence-corrected chi connectivity index (χ1v) is 9.10. The van der Waals surface area contributed by atoms with Gasteiger partial charge in [0.2, 0.25) is 0 Å². The summed E-state index contributed by atoms with van der Waals surface area (Å²) in [4.78, 5) is 16.0. The SMILES string of the molecule is FC(F)(F)c1cc(NCc2ccc(-c3cccnc3)cc2)nc(-c2ccccn2)n1. The van der Waals surface area contributed by atoms with E-state index in [4.69, 9.17) is 0 Å². The van der Waals surface area contributed by atoms with Crippen molar-refractivity contribution in [3.8, 4) is 22.6 Å². The van der Waals surface area contributed by atoms with Crippen LogP contribution in [0.25, 0.3) is 22.6 Å². The molecule has 8 heteroatoms. The van der Waals surface area contributed by atoms with Gasteiger partial charge in [0, 0.05) is 31.2 Å². The summed E-state index contributed by atoms with van der Waals surface area (Å²) in [5.41, 5.74) is 2.14. The fourth-order valence-electron chi connectivity index (χ4n) is 2.83. The van der Waals surface area contributed by atoms with Gasteiger partial charge < -0.3 is 5.32 Å². The molecule has 3 heterocycles. The summed E-state index contributed by atoms with van der Waals surface area (Å²) in [5.74, 6) is -0.00540. The Balaban J connectivity index is 1.55. The van der Waals surface area contributed by atoms with E-state index in [0.717, 1.165) is 22.8 Å². The fourth-order valence-corrected chi connectivity index (χ4v) is 2.83. The zero-order chi connectivity index (χ0) is 21.0. The summed E-state index contributed by atoms with van der Waals surface area (Å²) >= 11 is 0. The molecule has 0 atom stereocenters. The number of alkyl halides is 3. The summed E-state index contributed by atoms with van der Waals surface area (Å²) in [6.45, 7) is 0.309. The van der Waals surface area contributed by atoms with Crippen LogP contribution in [-0.4, -0.2) is 19.9 Å². The third-order valence-electron chi connectivity index (χ3n) is 4.33. The summed E-state index contributed by atoms with van der Waals surface area (Å²) in [6, 6.07) is 17.3. The van der Waals surface area contributed by atoms with Crippen LogP contribution < -0.4 is 5.32 Å². The third-order valence-corrected chi connectivity index (χ3v) is 4.33. The van der Waals surface area contributed by atoms with Gasteiger partial charge >= 0.3 is 6.18 Å². The van der Waals surface area contributed by atoms with Gasteiger partial charge in [-0.1, -0.05) is 36.4 Å². The lowest BCUT2D eigenvalue weighted by Gasteiger charge is -2.12. The quantitative estimate of drug-likeness (QED) is 0.491. The van der Waals surface area contributed by atoms with E-state index in [-0.39, 0.29) is 17.3 Å². The first-order chi connectivity index (χ1) is 14.5. The maximum Gasteiger partial charge on any atom is 0.433 e. The standard InChI is InChI=1S/C22H16F3N5/c23-22(24,25)19-12-20(30-21(29-19)18-5-1-2-11-27-18)28-13-15-6-8-16(9-7-15)17-4-3-10-26-14-17/h1-12,14H,13H2,(H,28,29,30). The first-order valence-electron chi connectivity index (χ1n) is 9.10. The minimum Gasteiger partial charge on any atom is -0.366 e. The summed E-state index contributed by atoms with van der Waals surface area (Å²) in [5, 5.41) is 2.95. The molecule has 0 saturated heterocycles. The van der Waals surface area contributed by atoms with E-state index in [1.807, 2.05) is 36.4 Å². The average Bonchev–Trinajstić information content (AvgIpc) is 2.78. The first kappa shape index (κ1) is 19.5. The van der Waals surface area contributed by atoms with Crippen molar-refractivity contribution in [2.45, 2.75) is 12.7 Å². The van der Waals surface area contributed by atoms with E-state index >= 15 is 0 Å². The molecule has 4 rings (SSSR count). The molecule has 0 unspecified atom stereocenters. The molecule has 0 amide bonds. The van der Waals surface area contributed by atoms with Gasteiger partial charge in [-0.25, -0.2) is 9.97 Å². The van der Waals surface area contributed by atoms with E-state index < -0.39 is 11.9 Å². The summed E-state index contributed by atoms with van der Waals surface area (Å²) in [7, 11) is 0. The van der Waals surface area contributed by atoms with Crippen molar-refractivity contribution in [3.63, 3.8) is 0 Å². The van der Waals surface area contributed by atoms with Gasteiger partial charge in [0.1, 0.15) is 11.5 Å². The Morgan fingerprint density at radius 3 is 2.33 bits per heavy atom. The van der Waals surface area contributed by atoms with Crippen LogP contribution in [0.5, 0.6) is 0 Å². The molecule has 5 nitrogen and oxygen atoms in total. The maximum absolute atomic E-state index is 13.3. The van der Waals surface area contributed by atoms with Gasteiger partial charge in [-0.15, -0.1) is 0 Å². The maximum atomic E-state index is 13.3. The lowest BCUT2D eigenvalue weighted by molar-refractivity contribution is -0.141. The number of aromatic nitrogens is 4. The van der Waals surface area contributed by atoms with E-state index in [1.165, 1.54) is 6.20 Å². The molecule has 0 radical (unpaired) electrons. The van der Waals surface area contributed by atoms with E-state index in [1.54, 1.807) is 30.6 Å². The van der Waals surface area contributed by atoms with Crippen molar-refractivity contribution in [1.29, 1.82) is 0 Å². The van der Waals surface area contributed by atoms with E-state index in [2.05, 4.69) is 25.3 Å². The molecule has 150 valence electrons. The highest BCUT2D eigenvalue weighted by Gasteiger charge is 2.34. The average molecular weight is 407 g/mol. The zero-order valence-corrected chi connectivity index (χ0v) is 15.6. The lowest BCUT2D eigenvalue weighted by Crippen LogP contribution is -2.12. The minimum absolute atomic E-state index is 0.0781. The van der Waals surface area contributed by atoms with Gasteiger partial charge in [-0.2, -0.15) is 13.2 Å². The molecule has 30 heavy (non-hydrogen) atoms. The Kier molecular flexibility index (Phi) is 5.38. The fraction of sp³-hybridized carbons (Fsp3) is 0.0909. The Morgan fingerprint density at radius 1 is 0.833 bits per heavy atom. The molecule has 0 spiro atoms. The van der Waals surface area contributed by atoms with Crippen LogP contribution in [0.2, 0.25) is 0 Å². The molecule has 0 aliphatic heterocycles. The Morgan fingerprint density at radius 2 is 1.67 bits per heavy atom. The van der Waals surface area contributed by atoms with Crippen molar-refractivity contribution >= 4 is 5.82 Å². The zero-order valence-electron chi connectivity index (χ0n) is 15.6.